The number of aromatic nitrogens is 2. The zero-order valence-electron chi connectivity index (χ0n) is 10.7. The average molecular weight is 261 g/mol. The first-order chi connectivity index (χ1) is 8.01. The zero-order chi connectivity index (χ0) is 13.1. The summed E-state index contributed by atoms with van der Waals surface area (Å²) >= 11 is 6.28. The van der Waals surface area contributed by atoms with Crippen LogP contribution >= 0.6 is 11.6 Å². The van der Waals surface area contributed by atoms with E-state index in [1.165, 1.54) is 0 Å². The molecule has 0 atom stereocenters. The summed E-state index contributed by atoms with van der Waals surface area (Å²) in [7, 11) is 0. The lowest BCUT2D eigenvalue weighted by molar-refractivity contribution is 0.0687. The van der Waals surface area contributed by atoms with Crippen LogP contribution in [0.1, 0.15) is 32.2 Å². The van der Waals surface area contributed by atoms with Gasteiger partial charge in [0.05, 0.1) is 29.6 Å². The van der Waals surface area contributed by atoms with E-state index in [9.17, 15) is 10.2 Å². The molecule has 0 amide bonds. The normalized spacial score (nSPS) is 12.1. The molecule has 4 nitrogen and oxygen atoms in total. The van der Waals surface area contributed by atoms with Crippen LogP contribution in [0.15, 0.2) is 0 Å². The molecule has 0 aliphatic heterocycles. The summed E-state index contributed by atoms with van der Waals surface area (Å²) in [5, 5.41) is 23.8. The van der Waals surface area contributed by atoms with Gasteiger partial charge in [0, 0.05) is 18.4 Å². The molecule has 0 aliphatic carbocycles. The van der Waals surface area contributed by atoms with Gasteiger partial charge in [0.1, 0.15) is 0 Å². The van der Waals surface area contributed by atoms with Crippen LogP contribution in [0.2, 0.25) is 5.02 Å². The molecule has 0 unspecified atom stereocenters. The van der Waals surface area contributed by atoms with Crippen molar-refractivity contribution in [1.82, 2.24) is 9.78 Å². The predicted octanol–water partition coefficient (Wildman–Crippen LogP) is 1.65. The Hall–Kier alpha value is -0.580. The Balaban J connectivity index is 3.08. The van der Waals surface area contributed by atoms with E-state index in [2.05, 4.69) is 5.10 Å². The fourth-order valence-electron chi connectivity index (χ4n) is 1.75. The molecule has 1 heterocycles. The van der Waals surface area contributed by atoms with Gasteiger partial charge >= 0.3 is 0 Å². The molecule has 98 valence electrons. The number of nitrogens with zero attached hydrogens (tertiary/aromatic N) is 2. The van der Waals surface area contributed by atoms with Gasteiger partial charge in [-0.1, -0.05) is 25.4 Å². The molecule has 0 fully saturated rings. The van der Waals surface area contributed by atoms with E-state index in [-0.39, 0.29) is 13.2 Å². The summed E-state index contributed by atoms with van der Waals surface area (Å²) in [5.41, 5.74) is 1.22. The quantitative estimate of drug-likeness (QED) is 0.818. The fraction of sp³-hybridized carbons (Fsp3) is 0.750. The number of hydrogen-bond donors (Lipinski definition) is 2. The van der Waals surface area contributed by atoms with Gasteiger partial charge < -0.3 is 10.2 Å². The van der Waals surface area contributed by atoms with Gasteiger partial charge in [-0.25, -0.2) is 0 Å². The highest BCUT2D eigenvalue weighted by molar-refractivity contribution is 6.31. The maximum atomic E-state index is 9.33. The van der Waals surface area contributed by atoms with Crippen molar-refractivity contribution in [2.45, 2.75) is 40.2 Å². The third-order valence-electron chi connectivity index (χ3n) is 3.05. The van der Waals surface area contributed by atoms with Crippen molar-refractivity contribution in [3.63, 3.8) is 0 Å². The van der Waals surface area contributed by atoms with Crippen LogP contribution in [0.4, 0.5) is 0 Å². The third kappa shape index (κ3) is 3.00. The lowest BCUT2D eigenvalue weighted by Gasteiger charge is -2.24. The summed E-state index contributed by atoms with van der Waals surface area (Å²) in [6, 6.07) is 0. The van der Waals surface area contributed by atoms with E-state index in [0.717, 1.165) is 24.4 Å². The van der Waals surface area contributed by atoms with Crippen LogP contribution < -0.4 is 0 Å². The minimum atomic E-state index is -0.554. The Kier molecular flexibility index (Phi) is 4.98. The summed E-state index contributed by atoms with van der Waals surface area (Å²) in [6.45, 7) is 6.44. The number of aliphatic hydroxyl groups excluding tert-OH is 2. The molecular weight excluding hydrogens is 240 g/mol. The Morgan fingerprint density at radius 1 is 1.29 bits per heavy atom. The van der Waals surface area contributed by atoms with Crippen LogP contribution in [0.5, 0.6) is 0 Å². The molecule has 1 aromatic rings. The van der Waals surface area contributed by atoms with Gasteiger partial charge in [0.2, 0.25) is 0 Å². The molecule has 17 heavy (non-hydrogen) atoms. The highest BCUT2D eigenvalue weighted by Crippen LogP contribution is 2.28. The molecule has 0 spiro atoms. The predicted molar refractivity (Wildman–Crippen MR) is 68.3 cm³/mol. The van der Waals surface area contributed by atoms with Crippen molar-refractivity contribution in [3.05, 3.63) is 16.4 Å². The standard InChI is InChI=1S/C12H21ClN2O2/c1-4-9-11(13)10(15(5-2)14-9)6-12(3,7-16)8-17/h16-17H,4-8H2,1-3H3. The number of halogens is 1. The minimum absolute atomic E-state index is 0.0732. The van der Waals surface area contributed by atoms with Gasteiger partial charge in [-0.3, -0.25) is 4.68 Å². The second kappa shape index (κ2) is 5.85. The second-order valence-corrected chi connectivity index (χ2v) is 5.06. The van der Waals surface area contributed by atoms with Crippen LogP contribution in [0, 0.1) is 5.41 Å². The fourth-order valence-corrected chi connectivity index (χ4v) is 2.09. The third-order valence-corrected chi connectivity index (χ3v) is 3.49. The monoisotopic (exact) mass is 260 g/mol. The van der Waals surface area contributed by atoms with Crippen LogP contribution in [0.3, 0.4) is 0 Å². The number of aliphatic hydroxyl groups is 2. The molecule has 0 aromatic carbocycles. The molecule has 0 saturated heterocycles. The largest absolute Gasteiger partial charge is 0.396 e. The SMILES string of the molecule is CCc1nn(CC)c(CC(C)(CO)CO)c1Cl. The summed E-state index contributed by atoms with van der Waals surface area (Å²) in [5.74, 6) is 0. The van der Waals surface area contributed by atoms with Gasteiger partial charge in [0.15, 0.2) is 0 Å². The van der Waals surface area contributed by atoms with Crippen molar-refractivity contribution in [2.24, 2.45) is 5.41 Å². The first kappa shape index (κ1) is 14.5. The second-order valence-electron chi connectivity index (χ2n) is 4.68. The molecule has 1 aromatic heterocycles. The molecule has 0 bridgehead atoms. The van der Waals surface area contributed by atoms with Gasteiger partial charge in [-0.2, -0.15) is 5.10 Å². The highest BCUT2D eigenvalue weighted by atomic mass is 35.5. The molecular formula is C12H21ClN2O2. The molecule has 1 rings (SSSR count). The van der Waals surface area contributed by atoms with E-state index < -0.39 is 5.41 Å². The first-order valence-electron chi connectivity index (χ1n) is 5.97. The Morgan fingerprint density at radius 2 is 1.88 bits per heavy atom. The lowest BCUT2D eigenvalue weighted by Crippen LogP contribution is -2.29. The van der Waals surface area contributed by atoms with Gasteiger partial charge in [-0.05, 0) is 13.3 Å². The van der Waals surface area contributed by atoms with E-state index >= 15 is 0 Å². The van der Waals surface area contributed by atoms with Gasteiger partial charge in [-0.15, -0.1) is 0 Å². The number of hydrogen-bond acceptors (Lipinski definition) is 3. The van der Waals surface area contributed by atoms with Crippen LogP contribution in [0.25, 0.3) is 0 Å². The van der Waals surface area contributed by atoms with Gasteiger partial charge in [0.25, 0.3) is 0 Å². The summed E-state index contributed by atoms with van der Waals surface area (Å²) < 4.78 is 1.85. The highest BCUT2D eigenvalue weighted by Gasteiger charge is 2.27. The molecule has 0 radical (unpaired) electrons. The van der Waals surface area contributed by atoms with E-state index in [4.69, 9.17) is 11.6 Å². The van der Waals surface area contributed by atoms with E-state index in [1.54, 1.807) is 0 Å². The van der Waals surface area contributed by atoms with Crippen molar-refractivity contribution in [3.8, 4) is 0 Å². The van der Waals surface area contributed by atoms with Crippen molar-refractivity contribution in [2.75, 3.05) is 13.2 Å². The van der Waals surface area contributed by atoms with Crippen molar-refractivity contribution in [1.29, 1.82) is 0 Å². The van der Waals surface area contributed by atoms with Crippen LogP contribution in [-0.4, -0.2) is 33.2 Å². The lowest BCUT2D eigenvalue weighted by atomic mass is 9.87. The Morgan fingerprint density at radius 3 is 2.29 bits per heavy atom. The topological polar surface area (TPSA) is 58.3 Å². The average Bonchev–Trinajstić information content (AvgIpc) is 2.66. The maximum absolute atomic E-state index is 9.33. The zero-order valence-corrected chi connectivity index (χ0v) is 11.5. The Labute approximate surface area is 107 Å². The number of aryl methyl sites for hydroxylation is 2. The van der Waals surface area contributed by atoms with E-state index in [1.807, 2.05) is 25.5 Å². The molecule has 2 N–H and O–H groups in total. The van der Waals surface area contributed by atoms with E-state index in [0.29, 0.717) is 11.4 Å². The van der Waals surface area contributed by atoms with Crippen molar-refractivity contribution >= 4 is 11.6 Å². The molecule has 5 heteroatoms. The number of rotatable bonds is 6. The van der Waals surface area contributed by atoms with Crippen LogP contribution in [-0.2, 0) is 19.4 Å². The summed E-state index contributed by atoms with van der Waals surface area (Å²) in [4.78, 5) is 0. The van der Waals surface area contributed by atoms with Crippen molar-refractivity contribution < 1.29 is 10.2 Å². The summed E-state index contributed by atoms with van der Waals surface area (Å²) in [6.07, 6.45) is 1.31. The minimum Gasteiger partial charge on any atom is -0.396 e. The Bertz CT molecular complexity index is 373. The maximum Gasteiger partial charge on any atom is 0.0850 e. The molecule has 0 saturated carbocycles. The molecule has 0 aliphatic rings. The first-order valence-corrected chi connectivity index (χ1v) is 6.34. The smallest absolute Gasteiger partial charge is 0.0850 e.